The lowest BCUT2D eigenvalue weighted by atomic mass is 10.3. The van der Waals surface area contributed by atoms with Crippen LogP contribution in [0.15, 0.2) is 0 Å². The Kier molecular flexibility index (Phi) is 1.76. The van der Waals surface area contributed by atoms with Crippen LogP contribution in [0.4, 0.5) is 7.77 Å². The third-order valence-corrected chi connectivity index (χ3v) is 2.34. The molecule has 1 nitrogen and oxygen atoms in total. The molecule has 0 saturated carbocycles. The maximum Gasteiger partial charge on any atom is 0.156 e. The van der Waals surface area contributed by atoms with E-state index in [0.29, 0.717) is 0 Å². The Morgan fingerprint density at radius 2 is 1.38 bits per heavy atom. The third-order valence-electron chi connectivity index (χ3n) is 0.781. The van der Waals surface area contributed by atoms with E-state index in [2.05, 4.69) is 0 Å². The van der Waals surface area contributed by atoms with Gasteiger partial charge in [0.1, 0.15) is 0 Å². The van der Waals surface area contributed by atoms with Crippen molar-refractivity contribution in [3.8, 4) is 0 Å². The van der Waals surface area contributed by atoms with Gasteiger partial charge in [0.25, 0.3) is 0 Å². The van der Waals surface area contributed by atoms with E-state index in [4.69, 9.17) is 0 Å². The largest absolute Gasteiger partial charge is 0.225 e. The first-order chi connectivity index (χ1) is 3.25. The topological polar surface area (TPSA) is 17.1 Å². The second-order valence-electron chi connectivity index (χ2n) is 2.63. The molecule has 0 aliphatic rings. The molecule has 0 aliphatic heterocycles. The van der Waals surface area contributed by atoms with E-state index in [1.54, 1.807) is 0 Å². The Balaban J connectivity index is 4.26. The Morgan fingerprint density at radius 1 is 1.25 bits per heavy atom. The molecule has 0 aliphatic carbocycles. The van der Waals surface area contributed by atoms with E-state index in [0.717, 1.165) is 0 Å². The van der Waals surface area contributed by atoms with Crippen molar-refractivity contribution < 1.29 is 12.0 Å². The molecule has 0 amide bonds. The van der Waals surface area contributed by atoms with Gasteiger partial charge in [-0.25, -0.2) is 4.21 Å². The summed E-state index contributed by atoms with van der Waals surface area (Å²) in [5.41, 5.74) is 0. The summed E-state index contributed by atoms with van der Waals surface area (Å²) in [6.07, 6.45) is 0. The summed E-state index contributed by atoms with van der Waals surface area (Å²) < 4.78 is 32.1. The van der Waals surface area contributed by atoms with Crippen molar-refractivity contribution in [3.05, 3.63) is 0 Å². The molecule has 52 valence electrons. The minimum Gasteiger partial charge on any atom is -0.225 e. The molecule has 8 heavy (non-hydrogen) atoms. The molecule has 0 radical (unpaired) electrons. The maximum absolute atomic E-state index is 11.8. The van der Waals surface area contributed by atoms with Crippen LogP contribution in [-0.4, -0.2) is 8.96 Å². The zero-order chi connectivity index (χ0) is 7.00. The molecule has 0 aromatic heterocycles. The quantitative estimate of drug-likeness (QED) is 0.403. The predicted molar refractivity (Wildman–Crippen MR) is 31.5 cm³/mol. The summed E-state index contributed by atoms with van der Waals surface area (Å²) >= 11 is 0. The van der Waals surface area contributed by atoms with Gasteiger partial charge >= 0.3 is 0 Å². The molecule has 0 bridgehead atoms. The molecule has 0 spiro atoms. The van der Waals surface area contributed by atoms with Gasteiger partial charge in [-0.2, -0.15) is 0 Å². The molecule has 0 saturated heterocycles. The number of rotatable bonds is 0. The second kappa shape index (κ2) is 1.76. The van der Waals surface area contributed by atoms with Crippen LogP contribution in [0.25, 0.3) is 0 Å². The molecule has 0 heterocycles. The number of thiol groups is 1. The van der Waals surface area contributed by atoms with Crippen LogP contribution < -0.4 is 0 Å². The number of hydrogen-bond donors (Lipinski definition) is 1. The van der Waals surface area contributed by atoms with Crippen LogP contribution in [-0.2, 0) is 10.7 Å². The van der Waals surface area contributed by atoms with Crippen molar-refractivity contribution in [1.29, 1.82) is 0 Å². The fraction of sp³-hybridized carbons (Fsp3) is 1.00. The maximum atomic E-state index is 11.8. The number of hydrogen-bond acceptors (Lipinski definition) is 1. The molecule has 0 N–H and O–H groups in total. The van der Waals surface area contributed by atoms with Crippen LogP contribution >= 0.6 is 0 Å². The average Bonchev–Trinajstić information content (AvgIpc) is 1.25. The van der Waals surface area contributed by atoms with E-state index in [9.17, 15) is 12.0 Å². The molecule has 0 aromatic rings. The van der Waals surface area contributed by atoms with Crippen LogP contribution in [0, 0.1) is 0 Å². The van der Waals surface area contributed by atoms with Gasteiger partial charge in [0.15, 0.2) is 10.7 Å². The van der Waals surface area contributed by atoms with Crippen LogP contribution in [0.2, 0.25) is 0 Å². The van der Waals surface area contributed by atoms with Gasteiger partial charge in [0, 0.05) is 0 Å². The van der Waals surface area contributed by atoms with E-state index in [1.165, 1.54) is 20.8 Å². The van der Waals surface area contributed by atoms with E-state index < -0.39 is 15.5 Å². The molecule has 0 aromatic carbocycles. The van der Waals surface area contributed by atoms with Crippen LogP contribution in [0.1, 0.15) is 20.8 Å². The Bertz CT molecular complexity index is 120. The zero-order valence-electron chi connectivity index (χ0n) is 5.11. The molecule has 0 rings (SSSR count). The van der Waals surface area contributed by atoms with Crippen molar-refractivity contribution >= 4 is 10.7 Å². The molecular formula is C4H10F2OS. The average molecular weight is 144 g/mol. The lowest BCUT2D eigenvalue weighted by Crippen LogP contribution is -2.26. The fourth-order valence-electron chi connectivity index (χ4n) is 0. The molecular weight excluding hydrogens is 134 g/mol. The Hall–Kier alpha value is 0.01000. The van der Waals surface area contributed by atoms with Crippen molar-refractivity contribution in [2.45, 2.75) is 25.5 Å². The summed E-state index contributed by atoms with van der Waals surface area (Å²) in [6.45, 7) is 3.77. The molecule has 0 atom stereocenters. The highest BCUT2D eigenvalue weighted by molar-refractivity contribution is 7.94. The monoisotopic (exact) mass is 144 g/mol. The highest BCUT2D eigenvalue weighted by Crippen LogP contribution is 2.25. The van der Waals surface area contributed by atoms with Crippen molar-refractivity contribution in [3.63, 3.8) is 0 Å². The normalized spacial score (nSPS) is 16.1. The molecule has 0 fully saturated rings. The summed E-state index contributed by atoms with van der Waals surface area (Å²) in [4.78, 5) is 0. The van der Waals surface area contributed by atoms with E-state index in [-0.39, 0.29) is 0 Å². The van der Waals surface area contributed by atoms with Gasteiger partial charge in [-0.1, -0.05) is 0 Å². The first-order valence-electron chi connectivity index (χ1n) is 2.24. The summed E-state index contributed by atoms with van der Waals surface area (Å²) in [5.74, 6) is 0. The van der Waals surface area contributed by atoms with Gasteiger partial charge in [-0.15, -0.1) is 7.77 Å². The van der Waals surface area contributed by atoms with Gasteiger partial charge in [0.2, 0.25) is 0 Å². The first kappa shape index (κ1) is 8.01. The Labute approximate surface area is 49.1 Å². The van der Waals surface area contributed by atoms with Gasteiger partial charge in [0.05, 0.1) is 4.75 Å². The van der Waals surface area contributed by atoms with Gasteiger partial charge < -0.3 is 0 Å². The van der Waals surface area contributed by atoms with Crippen molar-refractivity contribution in [2.75, 3.05) is 0 Å². The SMILES string of the molecule is CC(C)(C)[SH](=O)(F)F. The zero-order valence-corrected chi connectivity index (χ0v) is 6.01. The van der Waals surface area contributed by atoms with Crippen LogP contribution in [0.5, 0.6) is 0 Å². The van der Waals surface area contributed by atoms with Crippen molar-refractivity contribution in [1.82, 2.24) is 0 Å². The van der Waals surface area contributed by atoms with Crippen molar-refractivity contribution in [2.24, 2.45) is 0 Å². The van der Waals surface area contributed by atoms with E-state index in [1.807, 2.05) is 0 Å². The highest BCUT2D eigenvalue weighted by Gasteiger charge is 2.28. The number of halogens is 2. The first-order valence-corrected chi connectivity index (χ1v) is 3.73. The highest BCUT2D eigenvalue weighted by atomic mass is 32.3. The third kappa shape index (κ3) is 1.86. The summed E-state index contributed by atoms with van der Waals surface area (Å²) in [6, 6.07) is 0. The second-order valence-corrected chi connectivity index (χ2v) is 4.90. The predicted octanol–water partition coefficient (Wildman–Crippen LogP) is 1.57. The minimum absolute atomic E-state index is 1.26. The fourth-order valence-corrected chi connectivity index (χ4v) is 0. The standard InChI is InChI=1S/C4H10F2OS/c1-4(2,3)8(5,6)7/h8H,1-3H3. The van der Waals surface area contributed by atoms with E-state index >= 15 is 0 Å². The molecule has 4 heteroatoms. The summed E-state index contributed by atoms with van der Waals surface area (Å²) in [5, 5.41) is 0. The van der Waals surface area contributed by atoms with Crippen LogP contribution in [0.3, 0.4) is 0 Å². The smallest absolute Gasteiger partial charge is 0.156 e. The molecule has 0 unspecified atom stereocenters. The lowest BCUT2D eigenvalue weighted by molar-refractivity contribution is 0.525. The van der Waals surface area contributed by atoms with Gasteiger partial charge in [-0.05, 0) is 20.8 Å². The minimum atomic E-state index is -4.85. The Morgan fingerprint density at radius 3 is 1.38 bits per heavy atom. The lowest BCUT2D eigenvalue weighted by Gasteiger charge is -2.20. The summed E-state index contributed by atoms with van der Waals surface area (Å²) in [7, 11) is -4.85. The van der Waals surface area contributed by atoms with Gasteiger partial charge in [-0.3, -0.25) is 0 Å².